The van der Waals surface area contributed by atoms with Gasteiger partial charge in [0.15, 0.2) is 0 Å². The van der Waals surface area contributed by atoms with Gasteiger partial charge in [0.05, 0.1) is 6.10 Å². The molecule has 1 heterocycles. The van der Waals surface area contributed by atoms with E-state index in [1.54, 1.807) is 12.1 Å². The summed E-state index contributed by atoms with van der Waals surface area (Å²) in [6, 6.07) is 6.29. The lowest BCUT2D eigenvalue weighted by molar-refractivity contribution is 0.262. The van der Waals surface area contributed by atoms with E-state index in [0.29, 0.717) is 6.42 Å². The van der Waals surface area contributed by atoms with Gasteiger partial charge in [-0.25, -0.2) is 4.39 Å². The Morgan fingerprint density at radius 3 is 2.62 bits per heavy atom. The van der Waals surface area contributed by atoms with Crippen LogP contribution in [0.4, 0.5) is 4.39 Å². The first kappa shape index (κ1) is 8.66. The summed E-state index contributed by atoms with van der Waals surface area (Å²) < 4.78 is 17.8. The minimum absolute atomic E-state index is 0.0627. The van der Waals surface area contributed by atoms with Crippen LogP contribution in [0.1, 0.15) is 18.1 Å². The molecule has 2 atom stereocenters. The van der Waals surface area contributed by atoms with E-state index in [1.165, 1.54) is 12.1 Å². The van der Waals surface area contributed by atoms with Gasteiger partial charge in [0, 0.05) is 6.61 Å². The van der Waals surface area contributed by atoms with Gasteiger partial charge in [-0.1, -0.05) is 12.1 Å². The molecule has 1 aliphatic heterocycles. The molecule has 1 aromatic rings. The second kappa shape index (κ2) is 3.44. The van der Waals surface area contributed by atoms with Gasteiger partial charge < -0.3 is 9.84 Å². The third kappa shape index (κ3) is 1.87. The Morgan fingerprint density at radius 1 is 1.31 bits per heavy atom. The number of ether oxygens (including phenoxy) is 1. The van der Waals surface area contributed by atoms with Crippen LogP contribution in [-0.4, -0.2) is 17.8 Å². The summed E-state index contributed by atoms with van der Waals surface area (Å²) in [4.78, 5) is 0. The van der Waals surface area contributed by atoms with Crippen LogP contribution < -0.4 is 0 Å². The van der Waals surface area contributed by atoms with Crippen LogP contribution in [0.15, 0.2) is 24.3 Å². The van der Waals surface area contributed by atoms with Gasteiger partial charge in [-0.3, -0.25) is 0 Å². The zero-order chi connectivity index (χ0) is 9.26. The van der Waals surface area contributed by atoms with Crippen molar-refractivity contribution in [3.63, 3.8) is 0 Å². The summed E-state index contributed by atoms with van der Waals surface area (Å²) in [6.45, 7) is 0.141. The molecule has 1 aromatic carbocycles. The van der Waals surface area contributed by atoms with Crippen molar-refractivity contribution in [1.29, 1.82) is 0 Å². The minimum atomic E-state index is -0.233. The van der Waals surface area contributed by atoms with Gasteiger partial charge >= 0.3 is 0 Å². The van der Waals surface area contributed by atoms with Gasteiger partial charge in [-0.15, -0.1) is 0 Å². The topological polar surface area (TPSA) is 32.8 Å². The third-order valence-electron chi connectivity index (χ3n) is 2.19. The SMILES string of the molecule is OCC[C@@H]1O[C@H]1c1ccc(F)cc1. The van der Waals surface area contributed by atoms with E-state index in [1.807, 2.05) is 0 Å². The summed E-state index contributed by atoms with van der Waals surface area (Å²) in [5, 5.41) is 8.65. The molecular formula is C10H11FO2. The van der Waals surface area contributed by atoms with E-state index in [0.717, 1.165) is 5.56 Å². The number of aliphatic hydroxyl groups is 1. The van der Waals surface area contributed by atoms with Crippen molar-refractivity contribution in [2.75, 3.05) is 6.61 Å². The van der Waals surface area contributed by atoms with Crippen molar-refractivity contribution in [1.82, 2.24) is 0 Å². The quantitative estimate of drug-likeness (QED) is 0.721. The Labute approximate surface area is 76.0 Å². The highest BCUT2D eigenvalue weighted by Crippen LogP contribution is 2.40. The lowest BCUT2D eigenvalue weighted by Crippen LogP contribution is -1.92. The molecular weight excluding hydrogens is 171 g/mol. The number of benzene rings is 1. The molecule has 0 amide bonds. The highest BCUT2D eigenvalue weighted by molar-refractivity contribution is 5.22. The Morgan fingerprint density at radius 2 is 2.00 bits per heavy atom. The van der Waals surface area contributed by atoms with E-state index < -0.39 is 0 Å². The molecule has 1 saturated heterocycles. The maximum atomic E-state index is 12.5. The first-order valence-electron chi connectivity index (χ1n) is 4.33. The van der Waals surface area contributed by atoms with E-state index in [-0.39, 0.29) is 24.6 Å². The fourth-order valence-electron chi connectivity index (χ4n) is 1.44. The van der Waals surface area contributed by atoms with Crippen LogP contribution in [0.25, 0.3) is 0 Å². The highest BCUT2D eigenvalue weighted by Gasteiger charge is 2.39. The monoisotopic (exact) mass is 182 g/mol. The summed E-state index contributed by atoms with van der Waals surface area (Å²) in [5.41, 5.74) is 0.986. The summed E-state index contributed by atoms with van der Waals surface area (Å²) >= 11 is 0. The fraction of sp³-hybridized carbons (Fsp3) is 0.400. The van der Waals surface area contributed by atoms with E-state index in [4.69, 9.17) is 9.84 Å². The average molecular weight is 182 g/mol. The van der Waals surface area contributed by atoms with Crippen molar-refractivity contribution in [3.05, 3.63) is 35.6 Å². The van der Waals surface area contributed by atoms with Crippen LogP contribution in [0.2, 0.25) is 0 Å². The molecule has 3 heteroatoms. The molecule has 0 aromatic heterocycles. The van der Waals surface area contributed by atoms with Crippen molar-refractivity contribution >= 4 is 0 Å². The predicted octanol–water partition coefficient (Wildman–Crippen LogP) is 1.65. The average Bonchev–Trinajstić information content (AvgIpc) is 2.86. The van der Waals surface area contributed by atoms with Gasteiger partial charge in [-0.05, 0) is 24.1 Å². The maximum absolute atomic E-state index is 12.5. The first-order valence-corrected chi connectivity index (χ1v) is 4.33. The van der Waals surface area contributed by atoms with Crippen LogP contribution in [0, 0.1) is 5.82 Å². The van der Waals surface area contributed by atoms with Crippen LogP contribution in [0.3, 0.4) is 0 Å². The Balaban J connectivity index is 2.00. The van der Waals surface area contributed by atoms with Crippen LogP contribution in [0.5, 0.6) is 0 Å². The standard InChI is InChI=1S/C10H11FO2/c11-8-3-1-7(2-4-8)10-9(13-10)5-6-12/h1-4,9-10,12H,5-6H2/t9-,10-/m0/s1. The van der Waals surface area contributed by atoms with Crippen molar-refractivity contribution < 1.29 is 14.2 Å². The second-order valence-electron chi connectivity index (χ2n) is 3.16. The molecule has 0 aliphatic carbocycles. The smallest absolute Gasteiger partial charge is 0.123 e. The number of hydrogen-bond donors (Lipinski definition) is 1. The van der Waals surface area contributed by atoms with Gasteiger partial charge in [-0.2, -0.15) is 0 Å². The molecule has 1 fully saturated rings. The van der Waals surface area contributed by atoms with E-state index in [2.05, 4.69) is 0 Å². The molecule has 1 aliphatic rings. The lowest BCUT2D eigenvalue weighted by atomic mass is 10.1. The van der Waals surface area contributed by atoms with Crippen molar-refractivity contribution in [2.24, 2.45) is 0 Å². The lowest BCUT2D eigenvalue weighted by Gasteiger charge is -1.94. The largest absolute Gasteiger partial charge is 0.396 e. The van der Waals surface area contributed by atoms with Crippen molar-refractivity contribution in [2.45, 2.75) is 18.6 Å². The Hall–Kier alpha value is -0.930. The Bertz CT molecular complexity index is 283. The van der Waals surface area contributed by atoms with E-state index >= 15 is 0 Å². The van der Waals surface area contributed by atoms with Gasteiger partial charge in [0.1, 0.15) is 11.9 Å². The molecule has 70 valence electrons. The normalized spacial score (nSPS) is 26.0. The van der Waals surface area contributed by atoms with Crippen LogP contribution >= 0.6 is 0 Å². The number of halogens is 1. The van der Waals surface area contributed by atoms with Gasteiger partial charge in [0.2, 0.25) is 0 Å². The minimum Gasteiger partial charge on any atom is -0.396 e. The molecule has 2 nitrogen and oxygen atoms in total. The summed E-state index contributed by atoms with van der Waals surface area (Å²) in [7, 11) is 0. The van der Waals surface area contributed by atoms with Crippen LogP contribution in [-0.2, 0) is 4.74 Å². The molecule has 2 rings (SSSR count). The summed E-state index contributed by atoms with van der Waals surface area (Å²) in [5.74, 6) is -0.233. The molecule has 0 spiro atoms. The molecule has 0 bridgehead atoms. The third-order valence-corrected chi connectivity index (χ3v) is 2.19. The molecule has 0 unspecified atom stereocenters. The number of hydrogen-bond acceptors (Lipinski definition) is 2. The Kier molecular flexibility index (Phi) is 2.29. The van der Waals surface area contributed by atoms with Crippen molar-refractivity contribution in [3.8, 4) is 0 Å². The number of aliphatic hydroxyl groups excluding tert-OH is 1. The fourth-order valence-corrected chi connectivity index (χ4v) is 1.44. The zero-order valence-electron chi connectivity index (χ0n) is 7.11. The van der Waals surface area contributed by atoms with Gasteiger partial charge in [0.25, 0.3) is 0 Å². The molecule has 13 heavy (non-hydrogen) atoms. The summed E-state index contributed by atoms with van der Waals surface area (Å²) in [6.07, 6.45) is 0.838. The first-order chi connectivity index (χ1) is 6.31. The number of rotatable bonds is 3. The molecule has 1 N–H and O–H groups in total. The maximum Gasteiger partial charge on any atom is 0.123 e. The van der Waals surface area contributed by atoms with E-state index in [9.17, 15) is 4.39 Å². The second-order valence-corrected chi connectivity index (χ2v) is 3.16. The zero-order valence-corrected chi connectivity index (χ0v) is 7.11. The predicted molar refractivity (Wildman–Crippen MR) is 45.7 cm³/mol. The molecule has 0 radical (unpaired) electrons. The highest BCUT2D eigenvalue weighted by atomic mass is 19.1. The number of epoxide rings is 1. The molecule has 0 saturated carbocycles.